The van der Waals surface area contributed by atoms with Crippen LogP contribution in [0.5, 0.6) is 0 Å². The van der Waals surface area contributed by atoms with Gasteiger partial charge in [0.1, 0.15) is 24.1 Å². The maximum atomic E-state index is 13.4. The summed E-state index contributed by atoms with van der Waals surface area (Å²) in [5, 5.41) is 2.64. The van der Waals surface area contributed by atoms with Crippen molar-refractivity contribution in [1.29, 1.82) is 0 Å². The Bertz CT molecular complexity index is 1270. The largest absolute Gasteiger partial charge is 0.414 e. The Kier molecular flexibility index (Phi) is 11.4. The monoisotopic (exact) mass is 633 g/mol. The van der Waals surface area contributed by atoms with Crippen LogP contribution in [0.1, 0.15) is 58.1 Å². The van der Waals surface area contributed by atoms with Crippen molar-refractivity contribution < 1.29 is 27.9 Å². The van der Waals surface area contributed by atoms with Crippen LogP contribution in [-0.4, -0.2) is 77.3 Å². The average molecular weight is 634 g/mol. The first-order valence-corrected chi connectivity index (χ1v) is 20.7. The van der Waals surface area contributed by atoms with Crippen LogP contribution in [0, 0.1) is 0 Å². The molecule has 1 fully saturated rings. The van der Waals surface area contributed by atoms with Crippen molar-refractivity contribution >= 4 is 28.4 Å². The summed E-state index contributed by atoms with van der Waals surface area (Å²) in [7, 11) is -2.81. The molecular weight excluding hydrogens is 583 g/mol. The van der Waals surface area contributed by atoms with Crippen molar-refractivity contribution in [3.05, 3.63) is 58.6 Å². The minimum absolute atomic E-state index is 0.00995. The van der Waals surface area contributed by atoms with E-state index in [4.69, 9.17) is 23.1 Å². The van der Waals surface area contributed by atoms with Crippen molar-refractivity contribution in [2.24, 2.45) is 0 Å². The summed E-state index contributed by atoms with van der Waals surface area (Å²) in [6, 6.07) is 10.3. The zero-order chi connectivity index (χ0) is 32.2. The summed E-state index contributed by atoms with van der Waals surface area (Å²) < 4.78 is 33.2. The number of ether oxygens (including phenoxy) is 3. The van der Waals surface area contributed by atoms with E-state index in [0.717, 1.165) is 0 Å². The van der Waals surface area contributed by atoms with Crippen molar-refractivity contribution in [3.8, 4) is 0 Å². The van der Waals surface area contributed by atoms with Gasteiger partial charge in [-0.25, -0.2) is 4.79 Å². The van der Waals surface area contributed by atoms with Gasteiger partial charge in [-0.05, 0) is 54.5 Å². The molecule has 2 heterocycles. The fourth-order valence-electron chi connectivity index (χ4n) is 4.13. The first-order chi connectivity index (χ1) is 19.9. The fourth-order valence-corrected chi connectivity index (χ4v) is 6.47. The molecule has 1 aromatic carbocycles. The smallest absolute Gasteiger partial charge is 0.351 e. The molecule has 1 saturated heterocycles. The van der Waals surface area contributed by atoms with Gasteiger partial charge >= 0.3 is 5.69 Å². The Morgan fingerprint density at radius 2 is 1.58 bits per heavy atom. The van der Waals surface area contributed by atoms with Crippen molar-refractivity contribution in [2.45, 2.75) is 102 Å². The Morgan fingerprint density at radius 1 is 0.953 bits per heavy atom. The van der Waals surface area contributed by atoms with Crippen LogP contribution in [0.4, 0.5) is 5.82 Å². The number of nitrogens with one attached hydrogen (secondary N) is 1. The summed E-state index contributed by atoms with van der Waals surface area (Å²) in [6.07, 6.45) is -0.838. The number of methoxy groups -OCH3 is 1. The fraction of sp³-hybridized carbons (Fsp3) is 0.645. The molecule has 12 heteroatoms. The molecule has 1 amide bonds. The molecule has 1 aliphatic heterocycles. The number of rotatable bonds is 12. The van der Waals surface area contributed by atoms with Crippen molar-refractivity contribution in [1.82, 2.24) is 9.55 Å². The lowest BCUT2D eigenvalue weighted by atomic mass is 10.1. The molecule has 3 rings (SSSR count). The quantitative estimate of drug-likeness (QED) is 0.230. The van der Waals surface area contributed by atoms with E-state index < -0.39 is 46.9 Å². The van der Waals surface area contributed by atoms with Gasteiger partial charge in [0.2, 0.25) is 0 Å². The van der Waals surface area contributed by atoms with Gasteiger partial charge in [0.05, 0.1) is 19.8 Å². The molecule has 240 valence electrons. The van der Waals surface area contributed by atoms with Crippen LogP contribution < -0.4 is 11.0 Å². The van der Waals surface area contributed by atoms with Gasteiger partial charge in [0.15, 0.2) is 22.9 Å². The van der Waals surface area contributed by atoms with Gasteiger partial charge in [0.25, 0.3) is 5.91 Å². The molecular formula is C31H51N3O7Si2. The lowest BCUT2D eigenvalue weighted by Gasteiger charge is -2.41. The molecule has 0 saturated carbocycles. The Labute approximate surface area is 258 Å². The number of hydrogen-bond acceptors (Lipinski definition) is 8. The number of benzene rings is 1. The Balaban J connectivity index is 1.97. The van der Waals surface area contributed by atoms with E-state index in [0.29, 0.717) is 25.4 Å². The van der Waals surface area contributed by atoms with E-state index >= 15 is 0 Å². The Hall–Kier alpha value is -2.20. The zero-order valence-corrected chi connectivity index (χ0v) is 29.7. The zero-order valence-electron chi connectivity index (χ0n) is 27.7. The number of anilines is 1. The van der Waals surface area contributed by atoms with Crippen molar-refractivity contribution in [3.63, 3.8) is 0 Å². The van der Waals surface area contributed by atoms with Crippen LogP contribution >= 0.6 is 0 Å². The topological polar surface area (TPSA) is 110 Å². The second-order valence-corrected chi connectivity index (χ2v) is 23.7. The third-order valence-electron chi connectivity index (χ3n) is 8.92. The highest BCUT2D eigenvalue weighted by atomic mass is 28.4. The number of amides is 1. The second kappa shape index (κ2) is 13.8. The molecule has 0 unspecified atom stereocenters. The predicted molar refractivity (Wildman–Crippen MR) is 174 cm³/mol. The third kappa shape index (κ3) is 8.71. The summed E-state index contributed by atoms with van der Waals surface area (Å²) >= 11 is 0. The minimum Gasteiger partial charge on any atom is -0.414 e. The van der Waals surface area contributed by atoms with Crippen LogP contribution in [0.15, 0.2) is 47.4 Å². The number of aromatic nitrogens is 2. The standard InChI is InChI=1S/C31H51N3O7Si2/c1-30(2,3)42(8,9)39-21-23-25(41-43(10,11)31(4,5)6)26(38-20-19-37-7)28(40-23)34-18-17-24(33-29(34)36)32-27(35)22-15-13-12-14-16-22/h12-18,23,25-26,28H,19-21H2,1-11H3,(H,32,33,35,36)/t23-,25-,26-,28-/m1/s1. The molecule has 0 bridgehead atoms. The van der Waals surface area contributed by atoms with Gasteiger partial charge in [-0.15, -0.1) is 0 Å². The molecule has 0 spiro atoms. The number of hydrogen-bond donors (Lipinski definition) is 1. The van der Waals surface area contributed by atoms with E-state index in [1.807, 2.05) is 6.07 Å². The minimum atomic E-state index is -2.30. The number of carbonyl (C=O) groups excluding carboxylic acids is 1. The van der Waals surface area contributed by atoms with Gasteiger partial charge in [-0.3, -0.25) is 9.36 Å². The maximum Gasteiger partial charge on any atom is 0.351 e. The number of nitrogens with zero attached hydrogens (tertiary/aromatic N) is 2. The van der Waals surface area contributed by atoms with Crippen LogP contribution in [0.25, 0.3) is 0 Å². The van der Waals surface area contributed by atoms with E-state index in [9.17, 15) is 9.59 Å². The third-order valence-corrected chi connectivity index (χ3v) is 17.9. The highest BCUT2D eigenvalue weighted by molar-refractivity contribution is 6.74. The van der Waals surface area contributed by atoms with E-state index in [-0.39, 0.29) is 21.8 Å². The van der Waals surface area contributed by atoms with Crippen LogP contribution in [0.3, 0.4) is 0 Å². The SMILES string of the molecule is COCCO[C@@H]1[C@H](O[Si](C)(C)C(C)(C)C)[C@@H](CO[Si](C)(C)C(C)(C)C)O[C@H]1n1ccc(NC(=O)c2ccccc2)nc1=O. The van der Waals surface area contributed by atoms with Gasteiger partial charge in [-0.2, -0.15) is 4.98 Å². The molecule has 1 aliphatic rings. The highest BCUT2D eigenvalue weighted by Crippen LogP contribution is 2.43. The molecule has 10 nitrogen and oxygen atoms in total. The predicted octanol–water partition coefficient (Wildman–Crippen LogP) is 5.84. The average Bonchev–Trinajstić information content (AvgIpc) is 3.23. The molecule has 43 heavy (non-hydrogen) atoms. The lowest BCUT2D eigenvalue weighted by molar-refractivity contribution is -0.0808. The first kappa shape index (κ1) is 35.3. The van der Waals surface area contributed by atoms with Gasteiger partial charge in [0, 0.05) is 18.9 Å². The summed E-state index contributed by atoms with van der Waals surface area (Å²) in [5.41, 5.74) is -0.109. The molecule has 1 N–H and O–H groups in total. The second-order valence-electron chi connectivity index (χ2n) is 14.1. The molecule has 4 atom stereocenters. The molecule has 2 aromatic rings. The lowest BCUT2D eigenvalue weighted by Crippen LogP contribution is -2.51. The van der Waals surface area contributed by atoms with Crippen molar-refractivity contribution in [2.75, 3.05) is 32.2 Å². The number of carbonyl (C=O) groups is 1. The highest BCUT2D eigenvalue weighted by Gasteiger charge is 2.52. The van der Waals surface area contributed by atoms with E-state index in [2.05, 4.69) is 78.0 Å². The van der Waals surface area contributed by atoms with Gasteiger partial charge in [-0.1, -0.05) is 59.7 Å². The van der Waals surface area contributed by atoms with Crippen LogP contribution in [-0.2, 0) is 23.1 Å². The summed E-state index contributed by atoms with van der Waals surface area (Å²) in [4.78, 5) is 30.2. The molecule has 0 radical (unpaired) electrons. The van der Waals surface area contributed by atoms with E-state index in [1.165, 1.54) is 4.57 Å². The molecule has 0 aliphatic carbocycles. The molecule has 1 aromatic heterocycles. The van der Waals surface area contributed by atoms with E-state index in [1.54, 1.807) is 43.6 Å². The Morgan fingerprint density at radius 3 is 2.14 bits per heavy atom. The van der Waals surface area contributed by atoms with Gasteiger partial charge < -0.3 is 28.4 Å². The normalized spacial score (nSPS) is 21.7. The first-order valence-electron chi connectivity index (χ1n) is 14.9. The van der Waals surface area contributed by atoms with Crippen LogP contribution in [0.2, 0.25) is 36.3 Å². The summed E-state index contributed by atoms with van der Waals surface area (Å²) in [5.74, 6) is -0.203. The maximum absolute atomic E-state index is 13.4. The summed E-state index contributed by atoms with van der Waals surface area (Å²) in [6.45, 7) is 22.9.